The second kappa shape index (κ2) is 5.42. The summed E-state index contributed by atoms with van der Waals surface area (Å²) < 4.78 is 2.22. The predicted molar refractivity (Wildman–Crippen MR) is 85.8 cm³/mol. The summed E-state index contributed by atoms with van der Waals surface area (Å²) >= 11 is 0. The van der Waals surface area contributed by atoms with E-state index in [9.17, 15) is 4.79 Å². The minimum Gasteiger partial charge on any atom is -0.345 e. The Labute approximate surface area is 129 Å². The van der Waals surface area contributed by atoms with Gasteiger partial charge < -0.3 is 15.2 Å². The smallest absolute Gasteiger partial charge is 0.257 e. The Morgan fingerprint density at radius 3 is 3.23 bits per heavy atom. The lowest BCUT2D eigenvalue weighted by Gasteiger charge is -2.15. The number of aromatic nitrogens is 2. The van der Waals surface area contributed by atoms with Gasteiger partial charge in [0.05, 0.1) is 17.4 Å². The van der Waals surface area contributed by atoms with Crippen LogP contribution in [0.3, 0.4) is 0 Å². The van der Waals surface area contributed by atoms with Crippen molar-refractivity contribution < 1.29 is 4.79 Å². The predicted octanol–water partition coefficient (Wildman–Crippen LogP) is 2.07. The maximum Gasteiger partial charge on any atom is 0.257 e. The van der Waals surface area contributed by atoms with Gasteiger partial charge in [-0.1, -0.05) is 6.08 Å². The van der Waals surface area contributed by atoms with Gasteiger partial charge in [0.1, 0.15) is 0 Å². The molecule has 2 aliphatic rings. The molecule has 0 bridgehead atoms. The third-order valence-electron chi connectivity index (χ3n) is 4.28. The zero-order valence-corrected chi connectivity index (χ0v) is 12.3. The van der Waals surface area contributed by atoms with E-state index >= 15 is 0 Å². The first-order chi connectivity index (χ1) is 10.8. The first-order valence-electron chi connectivity index (χ1n) is 7.66. The van der Waals surface area contributed by atoms with E-state index in [0.717, 1.165) is 43.7 Å². The summed E-state index contributed by atoms with van der Waals surface area (Å²) in [6.07, 6.45) is 9.59. The first-order valence-corrected chi connectivity index (χ1v) is 7.66. The number of hydrogen-bond acceptors (Lipinski definition) is 3. The van der Waals surface area contributed by atoms with Crippen LogP contribution in [0.5, 0.6) is 0 Å². The van der Waals surface area contributed by atoms with Gasteiger partial charge in [0.25, 0.3) is 5.91 Å². The van der Waals surface area contributed by atoms with Crippen LogP contribution in [0.4, 0.5) is 5.69 Å². The monoisotopic (exact) mass is 294 g/mol. The SMILES string of the molecule is O=C(Nc1cccnc1)c1cn2c3c1CCC=C3CNCC2. The molecule has 0 saturated heterocycles. The second-order valence-corrected chi connectivity index (χ2v) is 5.70. The van der Waals surface area contributed by atoms with Crippen molar-refractivity contribution in [3.05, 3.63) is 53.6 Å². The number of allylic oxidation sites excluding steroid dienone is 1. The minimum absolute atomic E-state index is 0.0437. The Balaban J connectivity index is 1.70. The van der Waals surface area contributed by atoms with Crippen molar-refractivity contribution in [2.24, 2.45) is 0 Å². The highest BCUT2D eigenvalue weighted by Gasteiger charge is 2.26. The van der Waals surface area contributed by atoms with Crippen LogP contribution < -0.4 is 10.6 Å². The van der Waals surface area contributed by atoms with E-state index in [1.54, 1.807) is 12.4 Å². The molecule has 22 heavy (non-hydrogen) atoms. The molecule has 0 saturated carbocycles. The van der Waals surface area contributed by atoms with Crippen LogP contribution in [0.15, 0.2) is 36.8 Å². The fourth-order valence-corrected chi connectivity index (χ4v) is 3.30. The van der Waals surface area contributed by atoms with Crippen LogP contribution in [0, 0.1) is 0 Å². The zero-order chi connectivity index (χ0) is 14.9. The number of anilines is 1. The molecule has 0 unspecified atom stereocenters. The van der Waals surface area contributed by atoms with Crippen LogP contribution in [0.25, 0.3) is 5.57 Å². The number of nitrogens with one attached hydrogen (secondary N) is 2. The molecule has 5 nitrogen and oxygen atoms in total. The molecular formula is C17H18N4O. The third kappa shape index (κ3) is 2.23. The standard InChI is InChI=1S/C17H18N4O/c22-17(20-13-4-2-6-18-10-13)15-11-21-8-7-19-9-12-3-1-5-14(15)16(12)21/h2-4,6,10-11,19H,1,5,7-9H2,(H,20,22). The van der Waals surface area contributed by atoms with Gasteiger partial charge in [0.2, 0.25) is 0 Å². The summed E-state index contributed by atoms with van der Waals surface area (Å²) in [6, 6.07) is 3.67. The summed E-state index contributed by atoms with van der Waals surface area (Å²) in [5, 5.41) is 6.38. The normalized spacial score (nSPS) is 16.5. The molecule has 1 aliphatic carbocycles. The Bertz CT molecular complexity index is 746. The van der Waals surface area contributed by atoms with Gasteiger partial charge in [-0.05, 0) is 36.1 Å². The number of carbonyl (C=O) groups is 1. The fraction of sp³-hybridized carbons (Fsp3) is 0.294. The molecule has 2 N–H and O–H groups in total. The molecule has 2 aromatic rings. The lowest BCUT2D eigenvalue weighted by atomic mass is 9.94. The lowest BCUT2D eigenvalue weighted by molar-refractivity contribution is 0.102. The molecule has 2 aromatic heterocycles. The molecule has 0 radical (unpaired) electrons. The Kier molecular flexibility index (Phi) is 3.27. The van der Waals surface area contributed by atoms with Crippen molar-refractivity contribution in [3.63, 3.8) is 0 Å². The van der Waals surface area contributed by atoms with E-state index in [1.807, 2.05) is 18.3 Å². The van der Waals surface area contributed by atoms with Crippen molar-refractivity contribution in [2.45, 2.75) is 19.4 Å². The number of pyridine rings is 1. The summed E-state index contributed by atoms with van der Waals surface area (Å²) in [4.78, 5) is 16.7. The molecule has 1 amide bonds. The van der Waals surface area contributed by atoms with Crippen LogP contribution >= 0.6 is 0 Å². The van der Waals surface area contributed by atoms with Crippen LogP contribution in [0.2, 0.25) is 0 Å². The van der Waals surface area contributed by atoms with Gasteiger partial charge in [0, 0.05) is 37.7 Å². The number of amides is 1. The minimum atomic E-state index is -0.0437. The largest absolute Gasteiger partial charge is 0.345 e. The van der Waals surface area contributed by atoms with Crippen LogP contribution in [0.1, 0.15) is 28.0 Å². The van der Waals surface area contributed by atoms with E-state index < -0.39 is 0 Å². The third-order valence-corrected chi connectivity index (χ3v) is 4.28. The van der Waals surface area contributed by atoms with Gasteiger partial charge in [-0.25, -0.2) is 0 Å². The van der Waals surface area contributed by atoms with Gasteiger partial charge in [-0.15, -0.1) is 0 Å². The van der Waals surface area contributed by atoms with Gasteiger partial charge >= 0.3 is 0 Å². The van der Waals surface area contributed by atoms with E-state index in [2.05, 4.69) is 26.3 Å². The van der Waals surface area contributed by atoms with Crippen molar-refractivity contribution in [1.29, 1.82) is 0 Å². The fourth-order valence-electron chi connectivity index (χ4n) is 3.30. The lowest BCUT2D eigenvalue weighted by Crippen LogP contribution is -2.18. The Morgan fingerprint density at radius 2 is 2.36 bits per heavy atom. The van der Waals surface area contributed by atoms with Crippen molar-refractivity contribution >= 4 is 17.2 Å². The van der Waals surface area contributed by atoms with Crippen molar-refractivity contribution in [2.75, 3.05) is 18.4 Å². The van der Waals surface area contributed by atoms with Gasteiger partial charge in [-0.3, -0.25) is 9.78 Å². The molecular weight excluding hydrogens is 276 g/mol. The maximum absolute atomic E-state index is 12.6. The van der Waals surface area contributed by atoms with Crippen LogP contribution in [-0.2, 0) is 13.0 Å². The highest BCUT2D eigenvalue weighted by molar-refractivity contribution is 6.06. The molecule has 0 aromatic carbocycles. The molecule has 4 rings (SSSR count). The van der Waals surface area contributed by atoms with Crippen molar-refractivity contribution in [1.82, 2.24) is 14.9 Å². The summed E-state index contributed by atoms with van der Waals surface area (Å²) in [5.74, 6) is -0.0437. The second-order valence-electron chi connectivity index (χ2n) is 5.70. The average molecular weight is 294 g/mol. The number of carbonyl (C=O) groups excluding carboxylic acids is 1. The number of rotatable bonds is 2. The molecule has 5 heteroatoms. The summed E-state index contributed by atoms with van der Waals surface area (Å²) in [7, 11) is 0. The highest BCUT2D eigenvalue weighted by Crippen LogP contribution is 2.31. The van der Waals surface area contributed by atoms with E-state index in [0.29, 0.717) is 0 Å². The number of nitrogens with zero attached hydrogens (tertiary/aromatic N) is 2. The maximum atomic E-state index is 12.6. The van der Waals surface area contributed by atoms with Gasteiger partial charge in [-0.2, -0.15) is 0 Å². The molecule has 0 spiro atoms. The van der Waals surface area contributed by atoms with Gasteiger partial charge in [0.15, 0.2) is 0 Å². The summed E-state index contributed by atoms with van der Waals surface area (Å²) in [6.45, 7) is 2.72. The average Bonchev–Trinajstić information content (AvgIpc) is 2.79. The molecule has 1 aliphatic heterocycles. The molecule has 112 valence electrons. The summed E-state index contributed by atoms with van der Waals surface area (Å²) in [5.41, 5.74) is 5.27. The van der Waals surface area contributed by atoms with E-state index in [-0.39, 0.29) is 5.91 Å². The Hall–Kier alpha value is -2.40. The van der Waals surface area contributed by atoms with Crippen molar-refractivity contribution in [3.8, 4) is 0 Å². The first kappa shape index (κ1) is 13.3. The molecule has 0 fully saturated rings. The topological polar surface area (TPSA) is 59.0 Å². The van der Waals surface area contributed by atoms with E-state index in [1.165, 1.54) is 16.8 Å². The molecule has 0 atom stereocenters. The number of hydrogen-bond donors (Lipinski definition) is 2. The quantitative estimate of drug-likeness (QED) is 0.891. The highest BCUT2D eigenvalue weighted by atomic mass is 16.1. The Morgan fingerprint density at radius 1 is 1.41 bits per heavy atom. The van der Waals surface area contributed by atoms with Crippen LogP contribution in [-0.4, -0.2) is 28.5 Å². The van der Waals surface area contributed by atoms with E-state index in [4.69, 9.17) is 0 Å². The zero-order valence-electron chi connectivity index (χ0n) is 12.3. The molecule has 3 heterocycles.